The fourth-order valence-corrected chi connectivity index (χ4v) is 1.62. The number of nitrogens with zero attached hydrogens (tertiary/aromatic N) is 1. The summed E-state index contributed by atoms with van der Waals surface area (Å²) in [5, 5.41) is 0. The monoisotopic (exact) mass is 221 g/mol. The molecule has 0 saturated heterocycles. The Morgan fingerprint density at radius 3 is 2.25 bits per heavy atom. The van der Waals surface area contributed by atoms with E-state index in [2.05, 4.69) is 0 Å². The van der Waals surface area contributed by atoms with Crippen LogP contribution in [0.4, 0.5) is 4.39 Å². The molecule has 0 aliphatic heterocycles. The van der Waals surface area contributed by atoms with Crippen LogP contribution in [0.3, 0.4) is 0 Å². The van der Waals surface area contributed by atoms with Gasteiger partial charge < -0.3 is 0 Å². The van der Waals surface area contributed by atoms with Crippen LogP contribution in [-0.4, -0.2) is 10.4 Å². The van der Waals surface area contributed by atoms with E-state index in [1.807, 2.05) is 0 Å². The molecule has 1 aromatic heterocycles. The smallest absolute Gasteiger partial charge is 0.297 e. The molecule has 1 unspecified atom stereocenters. The molecule has 1 atom stereocenters. The molecule has 0 bridgehead atoms. The summed E-state index contributed by atoms with van der Waals surface area (Å²) in [5.41, 5.74) is -1.44. The summed E-state index contributed by atoms with van der Waals surface area (Å²) < 4.78 is 14.2. The van der Waals surface area contributed by atoms with E-state index in [-0.39, 0.29) is 5.56 Å². The standard InChI is InChI=1S/C11H8FNO3/c1-6(14)9(13-10(15)11(13)16)7-4-2-3-5-8(7)12/h2-5,9H,1H3. The number of rotatable bonds is 3. The predicted octanol–water partition coefficient (Wildman–Crippen LogP) is 0.402. The lowest BCUT2D eigenvalue weighted by Crippen LogP contribution is -2.19. The second-order valence-corrected chi connectivity index (χ2v) is 3.52. The third-order valence-electron chi connectivity index (χ3n) is 2.41. The summed E-state index contributed by atoms with van der Waals surface area (Å²) in [4.78, 5) is 33.3. The Balaban J connectivity index is 2.55. The van der Waals surface area contributed by atoms with Crippen LogP contribution in [0, 0.1) is 5.82 Å². The zero-order chi connectivity index (χ0) is 11.9. The maximum Gasteiger partial charge on any atom is 0.320 e. The first kappa shape index (κ1) is 10.5. The van der Waals surface area contributed by atoms with Crippen molar-refractivity contribution in [2.24, 2.45) is 0 Å². The fraction of sp³-hybridized carbons (Fsp3) is 0.182. The Bertz CT molecular complexity index is 597. The highest BCUT2D eigenvalue weighted by atomic mass is 19.1. The minimum Gasteiger partial charge on any atom is -0.297 e. The average Bonchev–Trinajstić information content (AvgIpc) is 2.79. The van der Waals surface area contributed by atoms with E-state index in [1.165, 1.54) is 25.1 Å². The molecule has 0 fully saturated rings. The van der Waals surface area contributed by atoms with Crippen molar-refractivity contribution in [2.75, 3.05) is 0 Å². The number of aromatic nitrogens is 1. The van der Waals surface area contributed by atoms with Gasteiger partial charge in [0.2, 0.25) is 0 Å². The molecule has 1 aromatic carbocycles. The molecule has 2 rings (SSSR count). The van der Waals surface area contributed by atoms with Gasteiger partial charge in [-0.3, -0.25) is 19.0 Å². The Labute approximate surface area is 89.6 Å². The van der Waals surface area contributed by atoms with Crippen molar-refractivity contribution in [3.05, 3.63) is 56.4 Å². The average molecular weight is 221 g/mol. The highest BCUT2D eigenvalue weighted by molar-refractivity contribution is 5.83. The Hall–Kier alpha value is -2.04. The van der Waals surface area contributed by atoms with Gasteiger partial charge in [0.15, 0.2) is 5.78 Å². The van der Waals surface area contributed by atoms with E-state index in [9.17, 15) is 18.8 Å². The molecule has 2 aromatic rings. The van der Waals surface area contributed by atoms with Crippen molar-refractivity contribution in [3.8, 4) is 0 Å². The molecule has 16 heavy (non-hydrogen) atoms. The number of Topliss-reactive ketones (excluding diaryl/α,β-unsaturated/α-hetero) is 1. The summed E-state index contributed by atoms with van der Waals surface area (Å²) in [6.07, 6.45) is 0. The Kier molecular flexibility index (Phi) is 2.30. The molecule has 0 N–H and O–H groups in total. The Morgan fingerprint density at radius 2 is 1.81 bits per heavy atom. The largest absolute Gasteiger partial charge is 0.320 e. The minimum absolute atomic E-state index is 0.0502. The van der Waals surface area contributed by atoms with Crippen molar-refractivity contribution in [1.82, 2.24) is 4.57 Å². The number of hydrogen-bond donors (Lipinski definition) is 0. The summed E-state index contributed by atoms with van der Waals surface area (Å²) in [6.45, 7) is 1.22. The first-order valence-corrected chi connectivity index (χ1v) is 4.66. The maximum atomic E-state index is 13.4. The SMILES string of the molecule is CC(=O)C(c1ccccc1F)n1c(=O)c1=O. The summed E-state index contributed by atoms with van der Waals surface area (Å²) in [7, 11) is 0. The lowest BCUT2D eigenvalue weighted by molar-refractivity contribution is -0.119. The number of benzene rings is 1. The third-order valence-corrected chi connectivity index (χ3v) is 2.41. The van der Waals surface area contributed by atoms with Crippen LogP contribution < -0.4 is 11.1 Å². The molecule has 0 spiro atoms. The van der Waals surface area contributed by atoms with Crippen LogP contribution in [0.2, 0.25) is 0 Å². The number of hydrogen-bond acceptors (Lipinski definition) is 3. The highest BCUT2D eigenvalue weighted by Crippen LogP contribution is 2.20. The van der Waals surface area contributed by atoms with Gasteiger partial charge in [-0.1, -0.05) is 18.2 Å². The van der Waals surface area contributed by atoms with Gasteiger partial charge in [-0.05, 0) is 13.0 Å². The van der Waals surface area contributed by atoms with Gasteiger partial charge in [0.1, 0.15) is 11.9 Å². The van der Waals surface area contributed by atoms with Crippen molar-refractivity contribution in [3.63, 3.8) is 0 Å². The van der Waals surface area contributed by atoms with Gasteiger partial charge in [-0.25, -0.2) is 4.39 Å². The lowest BCUT2D eigenvalue weighted by atomic mass is 10.0. The van der Waals surface area contributed by atoms with E-state index in [4.69, 9.17) is 0 Å². The molecular weight excluding hydrogens is 213 g/mol. The van der Waals surface area contributed by atoms with Crippen LogP contribution >= 0.6 is 0 Å². The van der Waals surface area contributed by atoms with E-state index >= 15 is 0 Å². The van der Waals surface area contributed by atoms with Crippen molar-refractivity contribution in [1.29, 1.82) is 0 Å². The van der Waals surface area contributed by atoms with Crippen LogP contribution in [0.15, 0.2) is 33.9 Å². The van der Waals surface area contributed by atoms with Gasteiger partial charge >= 0.3 is 11.1 Å². The van der Waals surface area contributed by atoms with E-state index in [0.29, 0.717) is 0 Å². The van der Waals surface area contributed by atoms with E-state index < -0.39 is 28.8 Å². The van der Waals surface area contributed by atoms with Gasteiger partial charge in [0.05, 0.1) is 0 Å². The van der Waals surface area contributed by atoms with Crippen LogP contribution in [-0.2, 0) is 4.79 Å². The number of carbonyl (C=O) groups excluding carboxylic acids is 1. The molecule has 82 valence electrons. The number of halogens is 1. The van der Waals surface area contributed by atoms with Crippen LogP contribution in [0.1, 0.15) is 18.5 Å². The second-order valence-electron chi connectivity index (χ2n) is 3.52. The van der Waals surface area contributed by atoms with E-state index in [1.54, 1.807) is 6.07 Å². The van der Waals surface area contributed by atoms with Gasteiger partial charge in [-0.15, -0.1) is 0 Å². The van der Waals surface area contributed by atoms with Gasteiger partial charge in [0.25, 0.3) is 0 Å². The summed E-state index contributed by atoms with van der Waals surface area (Å²) in [6, 6.07) is 4.47. The normalized spacial score (nSPS) is 12.9. The predicted molar refractivity (Wildman–Crippen MR) is 54.6 cm³/mol. The molecule has 0 aliphatic rings. The lowest BCUT2D eigenvalue weighted by Gasteiger charge is -2.10. The van der Waals surface area contributed by atoms with Crippen molar-refractivity contribution in [2.45, 2.75) is 13.0 Å². The number of ketones is 1. The Morgan fingerprint density at radius 1 is 1.25 bits per heavy atom. The number of carbonyl (C=O) groups is 1. The first-order chi connectivity index (χ1) is 7.54. The molecule has 1 heterocycles. The molecular formula is C11H8FNO3. The highest BCUT2D eigenvalue weighted by Gasteiger charge is 2.31. The molecule has 0 radical (unpaired) electrons. The second kappa shape index (κ2) is 3.52. The summed E-state index contributed by atoms with van der Waals surface area (Å²) in [5.74, 6) is -1.04. The first-order valence-electron chi connectivity index (χ1n) is 4.66. The third kappa shape index (κ3) is 1.50. The van der Waals surface area contributed by atoms with E-state index in [0.717, 1.165) is 4.57 Å². The van der Waals surface area contributed by atoms with Gasteiger partial charge in [-0.2, -0.15) is 0 Å². The summed E-state index contributed by atoms with van der Waals surface area (Å²) >= 11 is 0. The zero-order valence-electron chi connectivity index (χ0n) is 8.44. The molecule has 0 amide bonds. The van der Waals surface area contributed by atoms with Crippen molar-refractivity contribution >= 4 is 5.78 Å². The minimum atomic E-state index is -1.12. The van der Waals surface area contributed by atoms with Gasteiger partial charge in [0, 0.05) is 5.56 Å². The molecule has 0 aliphatic carbocycles. The quantitative estimate of drug-likeness (QED) is 0.705. The molecule has 0 saturated carbocycles. The zero-order valence-corrected chi connectivity index (χ0v) is 8.44. The fourth-order valence-electron chi connectivity index (χ4n) is 1.62. The maximum absolute atomic E-state index is 13.4. The molecule has 5 heteroatoms. The topological polar surface area (TPSA) is 56.1 Å². The molecule has 4 nitrogen and oxygen atoms in total. The van der Waals surface area contributed by atoms with Crippen LogP contribution in [0.25, 0.3) is 0 Å². The van der Waals surface area contributed by atoms with Crippen LogP contribution in [0.5, 0.6) is 0 Å². The van der Waals surface area contributed by atoms with Crippen molar-refractivity contribution < 1.29 is 9.18 Å².